The molecule has 86 valence electrons. The second kappa shape index (κ2) is 4.26. The highest BCUT2D eigenvalue weighted by Gasteiger charge is 2.32. The van der Waals surface area contributed by atoms with Crippen molar-refractivity contribution >= 4 is 0 Å². The Labute approximate surface area is 101 Å². The van der Waals surface area contributed by atoms with E-state index in [9.17, 15) is 0 Å². The third-order valence-electron chi connectivity index (χ3n) is 3.55. The lowest BCUT2D eigenvalue weighted by molar-refractivity contribution is 0.437. The third-order valence-corrected chi connectivity index (χ3v) is 3.55. The van der Waals surface area contributed by atoms with Crippen molar-refractivity contribution in [1.82, 2.24) is 15.3 Å². The van der Waals surface area contributed by atoms with Crippen LogP contribution in [0, 0.1) is 0 Å². The third kappa shape index (κ3) is 1.72. The van der Waals surface area contributed by atoms with Crippen molar-refractivity contribution in [3.05, 3.63) is 59.7 Å². The fourth-order valence-electron chi connectivity index (χ4n) is 2.67. The summed E-state index contributed by atoms with van der Waals surface area (Å²) in [5, 5.41) is 3.38. The molecule has 0 spiro atoms. The van der Waals surface area contributed by atoms with Crippen LogP contribution < -0.4 is 5.32 Å². The van der Waals surface area contributed by atoms with Gasteiger partial charge in [-0.25, -0.2) is 9.97 Å². The van der Waals surface area contributed by atoms with Gasteiger partial charge in [0.1, 0.15) is 6.33 Å². The van der Waals surface area contributed by atoms with Crippen LogP contribution in [0.2, 0.25) is 0 Å². The number of nitrogens with zero attached hydrogens (tertiary/aromatic N) is 2. The van der Waals surface area contributed by atoms with Crippen molar-refractivity contribution in [2.45, 2.75) is 18.4 Å². The summed E-state index contributed by atoms with van der Waals surface area (Å²) >= 11 is 0. The summed E-state index contributed by atoms with van der Waals surface area (Å²) < 4.78 is 0. The molecule has 0 radical (unpaired) electrons. The lowest BCUT2D eigenvalue weighted by Crippen LogP contribution is -2.31. The van der Waals surface area contributed by atoms with Crippen LogP contribution in [0.4, 0.5) is 0 Å². The van der Waals surface area contributed by atoms with E-state index in [1.54, 1.807) is 6.33 Å². The normalized spacial score (nSPS) is 19.2. The molecule has 1 aliphatic carbocycles. The molecule has 0 amide bonds. The van der Waals surface area contributed by atoms with E-state index in [0.717, 1.165) is 12.0 Å². The van der Waals surface area contributed by atoms with E-state index in [-0.39, 0.29) is 0 Å². The molecule has 0 saturated carbocycles. The van der Waals surface area contributed by atoms with E-state index < -0.39 is 0 Å². The maximum atomic E-state index is 4.10. The van der Waals surface area contributed by atoms with Gasteiger partial charge < -0.3 is 5.32 Å². The minimum absolute atomic E-state index is 0.311. The van der Waals surface area contributed by atoms with E-state index in [1.807, 2.05) is 19.4 Å². The van der Waals surface area contributed by atoms with Gasteiger partial charge in [0, 0.05) is 29.9 Å². The number of likely N-dealkylation sites (N-methyl/N-ethyl adjacent to an activating group) is 1. The van der Waals surface area contributed by atoms with Gasteiger partial charge in [0.05, 0.1) is 0 Å². The summed E-state index contributed by atoms with van der Waals surface area (Å²) in [6, 6.07) is 8.96. The smallest absolute Gasteiger partial charge is 0.115 e. The number of nitrogens with one attached hydrogen (secondary N) is 1. The number of benzene rings is 1. The van der Waals surface area contributed by atoms with Gasteiger partial charge in [-0.05, 0) is 24.6 Å². The summed E-state index contributed by atoms with van der Waals surface area (Å²) in [5.41, 5.74) is 4.08. The zero-order valence-corrected chi connectivity index (χ0v) is 9.80. The second-order valence-electron chi connectivity index (χ2n) is 4.45. The van der Waals surface area contributed by atoms with Crippen molar-refractivity contribution in [1.29, 1.82) is 0 Å². The zero-order chi connectivity index (χ0) is 11.7. The van der Waals surface area contributed by atoms with Crippen LogP contribution in [0.1, 0.15) is 28.7 Å². The quantitative estimate of drug-likeness (QED) is 0.869. The molecule has 3 rings (SSSR count). The van der Waals surface area contributed by atoms with Gasteiger partial charge in [0.15, 0.2) is 0 Å². The second-order valence-corrected chi connectivity index (χ2v) is 4.45. The summed E-state index contributed by atoms with van der Waals surface area (Å²) in [7, 11) is 2.00. The fraction of sp³-hybridized carbons (Fsp3) is 0.286. The Morgan fingerprint density at radius 1 is 1.24 bits per heavy atom. The van der Waals surface area contributed by atoms with Gasteiger partial charge >= 0.3 is 0 Å². The number of rotatable bonds is 3. The van der Waals surface area contributed by atoms with E-state index in [1.165, 1.54) is 11.1 Å². The molecule has 1 aromatic heterocycles. The van der Waals surface area contributed by atoms with Gasteiger partial charge in [-0.3, -0.25) is 0 Å². The van der Waals surface area contributed by atoms with Gasteiger partial charge in [0.2, 0.25) is 0 Å². The van der Waals surface area contributed by atoms with E-state index >= 15 is 0 Å². The molecule has 2 atom stereocenters. The van der Waals surface area contributed by atoms with E-state index in [0.29, 0.717) is 12.0 Å². The van der Waals surface area contributed by atoms with Crippen LogP contribution in [0.15, 0.2) is 43.0 Å². The fourth-order valence-corrected chi connectivity index (χ4v) is 2.67. The van der Waals surface area contributed by atoms with E-state index in [2.05, 4.69) is 39.6 Å². The SMILES string of the molecule is CNC(c1cncnc1)C1Cc2ccccc21. The van der Waals surface area contributed by atoms with Gasteiger partial charge in [-0.1, -0.05) is 24.3 Å². The Kier molecular flexibility index (Phi) is 2.61. The van der Waals surface area contributed by atoms with Crippen LogP contribution >= 0.6 is 0 Å². The predicted octanol–water partition coefficient (Wildman–Crippen LogP) is 2.08. The van der Waals surface area contributed by atoms with Gasteiger partial charge in [-0.2, -0.15) is 0 Å². The lowest BCUT2D eigenvalue weighted by Gasteiger charge is -2.36. The molecular formula is C14H15N3. The molecule has 2 aromatic rings. The highest BCUT2D eigenvalue weighted by Crippen LogP contribution is 2.42. The molecule has 1 heterocycles. The standard InChI is InChI=1S/C14H15N3/c1-15-14(11-7-16-9-17-8-11)13-6-10-4-2-3-5-12(10)13/h2-5,7-9,13-15H,6H2,1H3. The Bertz CT molecular complexity index is 510. The van der Waals surface area contributed by atoms with Crippen LogP contribution in [0.25, 0.3) is 0 Å². The molecule has 3 heteroatoms. The maximum absolute atomic E-state index is 4.10. The number of fused-ring (bicyclic) bond motifs is 1. The van der Waals surface area contributed by atoms with Crippen LogP contribution in [-0.2, 0) is 6.42 Å². The van der Waals surface area contributed by atoms with Crippen LogP contribution in [-0.4, -0.2) is 17.0 Å². The Hall–Kier alpha value is -1.74. The van der Waals surface area contributed by atoms with Crippen molar-refractivity contribution in [2.75, 3.05) is 7.05 Å². The Balaban J connectivity index is 1.90. The first-order valence-corrected chi connectivity index (χ1v) is 5.90. The average Bonchev–Trinajstić information content (AvgIpc) is 2.37. The largest absolute Gasteiger partial charge is 0.312 e. The van der Waals surface area contributed by atoms with Gasteiger partial charge in [-0.15, -0.1) is 0 Å². The molecule has 1 aliphatic rings. The first-order chi connectivity index (χ1) is 8.40. The molecule has 0 fully saturated rings. The Morgan fingerprint density at radius 3 is 2.71 bits per heavy atom. The predicted molar refractivity (Wildman–Crippen MR) is 66.7 cm³/mol. The monoisotopic (exact) mass is 225 g/mol. The first kappa shape index (κ1) is 10.4. The van der Waals surface area contributed by atoms with Crippen LogP contribution in [0.3, 0.4) is 0 Å². The summed E-state index contributed by atoms with van der Waals surface area (Å²) in [6.45, 7) is 0. The molecule has 0 bridgehead atoms. The van der Waals surface area contributed by atoms with E-state index in [4.69, 9.17) is 0 Å². The molecule has 0 saturated heterocycles. The highest BCUT2D eigenvalue weighted by molar-refractivity contribution is 5.42. The van der Waals surface area contributed by atoms with Crippen molar-refractivity contribution in [3.63, 3.8) is 0 Å². The van der Waals surface area contributed by atoms with Crippen molar-refractivity contribution in [3.8, 4) is 0 Å². The molecule has 1 N–H and O–H groups in total. The molecule has 0 aliphatic heterocycles. The summed E-state index contributed by atoms with van der Waals surface area (Å²) in [6.07, 6.45) is 6.51. The average molecular weight is 225 g/mol. The summed E-state index contributed by atoms with van der Waals surface area (Å²) in [4.78, 5) is 8.20. The van der Waals surface area contributed by atoms with Gasteiger partial charge in [0.25, 0.3) is 0 Å². The minimum Gasteiger partial charge on any atom is -0.312 e. The van der Waals surface area contributed by atoms with Crippen molar-refractivity contribution < 1.29 is 0 Å². The lowest BCUT2D eigenvalue weighted by atomic mass is 9.72. The molecular weight excluding hydrogens is 210 g/mol. The zero-order valence-electron chi connectivity index (χ0n) is 9.80. The molecule has 1 aromatic carbocycles. The number of hydrogen-bond acceptors (Lipinski definition) is 3. The van der Waals surface area contributed by atoms with Crippen molar-refractivity contribution in [2.24, 2.45) is 0 Å². The molecule has 2 unspecified atom stereocenters. The topological polar surface area (TPSA) is 37.8 Å². The molecule has 3 nitrogen and oxygen atoms in total. The highest BCUT2D eigenvalue weighted by atomic mass is 14.9. The minimum atomic E-state index is 0.311. The molecule has 17 heavy (non-hydrogen) atoms. The first-order valence-electron chi connectivity index (χ1n) is 5.90. The maximum Gasteiger partial charge on any atom is 0.115 e. The summed E-state index contributed by atoms with van der Waals surface area (Å²) in [5.74, 6) is 0.544. The van der Waals surface area contributed by atoms with Crippen LogP contribution in [0.5, 0.6) is 0 Å². The Morgan fingerprint density at radius 2 is 2.00 bits per heavy atom. The number of hydrogen-bond donors (Lipinski definition) is 1. The number of aromatic nitrogens is 2.